The number of rotatable bonds is 13. The van der Waals surface area contributed by atoms with E-state index in [1.54, 1.807) is 0 Å². The van der Waals surface area contributed by atoms with Gasteiger partial charge < -0.3 is 16.6 Å². The van der Waals surface area contributed by atoms with E-state index < -0.39 is 0 Å². The first kappa shape index (κ1) is 33.4. The standard InChI is InChI=1S/C45H52N2O/c1-2-3-4-5-10-27-44(38-23-25-41(48)26-24-38)28-30-45(31-29-44,39-19-15-34(16-20-39)32-36-11-6-8-13-42(36)46)40-21-17-35(18-22-40)33-37-12-7-9-14-43(37)47/h6-9,11-26,48H,2-5,10,27-33,46-47H2,1H3. The summed E-state index contributed by atoms with van der Waals surface area (Å²) < 4.78 is 0. The molecule has 0 bridgehead atoms. The maximum absolute atomic E-state index is 10.1. The summed E-state index contributed by atoms with van der Waals surface area (Å²) in [5.41, 5.74) is 23.4. The summed E-state index contributed by atoms with van der Waals surface area (Å²) in [4.78, 5) is 0. The van der Waals surface area contributed by atoms with Gasteiger partial charge >= 0.3 is 0 Å². The molecule has 0 aromatic heterocycles. The molecule has 6 rings (SSSR count). The highest BCUT2D eigenvalue weighted by Crippen LogP contribution is 2.53. The van der Waals surface area contributed by atoms with Crippen LogP contribution in [0.1, 0.15) is 110 Å². The number of nitrogens with two attached hydrogens (primary N) is 2. The summed E-state index contributed by atoms with van der Waals surface area (Å²) in [5.74, 6) is 0.344. The van der Waals surface area contributed by atoms with Gasteiger partial charge in [-0.3, -0.25) is 0 Å². The van der Waals surface area contributed by atoms with Crippen LogP contribution >= 0.6 is 0 Å². The minimum absolute atomic E-state index is 0.0722. The SMILES string of the molecule is CCCCCCCC1(c2ccc(O)cc2)CCC(c2ccc(Cc3ccccc3N)cc2)(c2ccc(Cc3ccccc3N)cc2)CC1. The second-order valence-corrected chi connectivity index (χ2v) is 14.2. The van der Waals surface area contributed by atoms with Crippen LogP contribution in [0.5, 0.6) is 5.75 Å². The fraction of sp³-hybridized carbons (Fsp3) is 0.333. The van der Waals surface area contributed by atoms with E-state index in [0.717, 1.165) is 49.9 Å². The van der Waals surface area contributed by atoms with E-state index in [9.17, 15) is 5.11 Å². The van der Waals surface area contributed by atoms with E-state index in [1.807, 2.05) is 36.4 Å². The molecular formula is C45H52N2O. The summed E-state index contributed by atoms with van der Waals surface area (Å²) in [7, 11) is 0. The number of para-hydroxylation sites is 2. The molecule has 1 aliphatic carbocycles. The van der Waals surface area contributed by atoms with Crippen molar-refractivity contribution >= 4 is 11.4 Å². The van der Waals surface area contributed by atoms with Gasteiger partial charge in [-0.15, -0.1) is 0 Å². The number of nitrogen functional groups attached to an aromatic ring is 2. The van der Waals surface area contributed by atoms with Crippen molar-refractivity contribution in [2.75, 3.05) is 11.5 Å². The molecule has 1 fully saturated rings. The average Bonchev–Trinajstić information content (AvgIpc) is 3.11. The Morgan fingerprint density at radius 1 is 0.521 bits per heavy atom. The van der Waals surface area contributed by atoms with Crippen molar-refractivity contribution in [2.24, 2.45) is 0 Å². The van der Waals surface area contributed by atoms with Gasteiger partial charge in [0, 0.05) is 16.8 Å². The van der Waals surface area contributed by atoms with Crippen LogP contribution < -0.4 is 11.5 Å². The van der Waals surface area contributed by atoms with Crippen molar-refractivity contribution in [1.29, 1.82) is 0 Å². The minimum atomic E-state index is -0.0722. The van der Waals surface area contributed by atoms with Gasteiger partial charge in [-0.1, -0.05) is 136 Å². The van der Waals surface area contributed by atoms with Crippen molar-refractivity contribution in [1.82, 2.24) is 0 Å². The Hall–Kier alpha value is -4.50. The second kappa shape index (κ2) is 15.2. The lowest BCUT2D eigenvalue weighted by molar-refractivity contribution is 0.205. The zero-order valence-electron chi connectivity index (χ0n) is 28.6. The predicted molar refractivity (Wildman–Crippen MR) is 203 cm³/mol. The van der Waals surface area contributed by atoms with Gasteiger partial charge in [-0.2, -0.15) is 0 Å². The summed E-state index contributed by atoms with van der Waals surface area (Å²) >= 11 is 0. The molecule has 3 heteroatoms. The molecule has 0 radical (unpaired) electrons. The highest BCUT2D eigenvalue weighted by molar-refractivity contribution is 5.51. The zero-order valence-corrected chi connectivity index (χ0v) is 28.6. The molecule has 48 heavy (non-hydrogen) atoms. The Bertz CT molecular complexity index is 1650. The van der Waals surface area contributed by atoms with E-state index in [-0.39, 0.29) is 10.8 Å². The number of aromatic hydroxyl groups is 1. The van der Waals surface area contributed by atoms with Gasteiger partial charge in [0.25, 0.3) is 0 Å². The number of phenolic OH excluding ortho intramolecular Hbond substituents is 1. The molecule has 248 valence electrons. The fourth-order valence-electron chi connectivity index (χ4n) is 8.18. The van der Waals surface area contributed by atoms with Crippen molar-refractivity contribution in [3.05, 3.63) is 160 Å². The van der Waals surface area contributed by atoms with Crippen LogP contribution in [0.4, 0.5) is 11.4 Å². The van der Waals surface area contributed by atoms with E-state index in [4.69, 9.17) is 11.5 Å². The molecular weight excluding hydrogens is 585 g/mol. The first-order chi connectivity index (χ1) is 23.4. The van der Waals surface area contributed by atoms with E-state index in [1.165, 1.54) is 77.5 Å². The maximum Gasteiger partial charge on any atom is 0.115 e. The molecule has 0 aliphatic heterocycles. The molecule has 1 aliphatic rings. The Morgan fingerprint density at radius 3 is 1.46 bits per heavy atom. The van der Waals surface area contributed by atoms with Crippen molar-refractivity contribution in [3.63, 3.8) is 0 Å². The maximum atomic E-state index is 10.1. The van der Waals surface area contributed by atoms with Gasteiger partial charge in [0.1, 0.15) is 5.75 Å². The first-order valence-electron chi connectivity index (χ1n) is 18.1. The zero-order chi connectivity index (χ0) is 33.4. The van der Waals surface area contributed by atoms with Crippen LogP contribution in [-0.4, -0.2) is 5.11 Å². The summed E-state index contributed by atoms with van der Waals surface area (Å²) in [6, 6.07) is 43.3. The minimum Gasteiger partial charge on any atom is -0.508 e. The molecule has 0 atom stereocenters. The van der Waals surface area contributed by atoms with Gasteiger partial charge in [0.2, 0.25) is 0 Å². The second-order valence-electron chi connectivity index (χ2n) is 14.2. The monoisotopic (exact) mass is 636 g/mol. The number of anilines is 2. The molecule has 0 saturated heterocycles. The number of phenols is 1. The van der Waals surface area contributed by atoms with Gasteiger partial charge in [-0.25, -0.2) is 0 Å². The summed E-state index contributed by atoms with van der Waals surface area (Å²) in [5, 5.41) is 10.1. The summed E-state index contributed by atoms with van der Waals surface area (Å²) in [6.07, 6.45) is 13.7. The lowest BCUT2D eigenvalue weighted by atomic mass is 9.56. The third-order valence-electron chi connectivity index (χ3n) is 11.2. The van der Waals surface area contributed by atoms with Gasteiger partial charge in [-0.05, 0) is 114 Å². The van der Waals surface area contributed by atoms with Crippen LogP contribution in [0.15, 0.2) is 121 Å². The molecule has 0 spiro atoms. The number of benzene rings is 5. The van der Waals surface area contributed by atoms with Crippen LogP contribution in [0, 0.1) is 0 Å². The number of hydrogen-bond donors (Lipinski definition) is 3. The van der Waals surface area contributed by atoms with Crippen LogP contribution in [0.3, 0.4) is 0 Å². The number of hydrogen-bond acceptors (Lipinski definition) is 3. The average molecular weight is 637 g/mol. The molecule has 0 amide bonds. The Morgan fingerprint density at radius 2 is 0.979 bits per heavy atom. The molecule has 3 nitrogen and oxygen atoms in total. The highest BCUT2D eigenvalue weighted by atomic mass is 16.3. The van der Waals surface area contributed by atoms with E-state index in [0.29, 0.717) is 5.75 Å². The lowest BCUT2D eigenvalue weighted by Crippen LogP contribution is -2.40. The van der Waals surface area contributed by atoms with Crippen LogP contribution in [0.25, 0.3) is 0 Å². The van der Waals surface area contributed by atoms with Crippen molar-refractivity contribution < 1.29 is 5.11 Å². The van der Waals surface area contributed by atoms with E-state index >= 15 is 0 Å². The van der Waals surface area contributed by atoms with Crippen LogP contribution in [0.2, 0.25) is 0 Å². The van der Waals surface area contributed by atoms with Crippen molar-refractivity contribution in [2.45, 2.75) is 94.8 Å². The molecule has 0 unspecified atom stereocenters. The Labute approximate surface area is 288 Å². The van der Waals surface area contributed by atoms with Gasteiger partial charge in [0.15, 0.2) is 0 Å². The molecule has 5 aromatic rings. The Kier molecular flexibility index (Phi) is 10.5. The lowest BCUT2D eigenvalue weighted by Gasteiger charge is -2.48. The quantitative estimate of drug-likeness (QED) is 0.0889. The first-order valence-corrected chi connectivity index (χ1v) is 18.1. The van der Waals surface area contributed by atoms with Crippen LogP contribution in [-0.2, 0) is 23.7 Å². The molecule has 5 N–H and O–H groups in total. The van der Waals surface area contributed by atoms with Gasteiger partial charge in [0.05, 0.1) is 0 Å². The largest absolute Gasteiger partial charge is 0.508 e. The van der Waals surface area contributed by atoms with E-state index in [2.05, 4.69) is 91.9 Å². The highest BCUT2D eigenvalue weighted by Gasteiger charge is 2.45. The fourth-order valence-corrected chi connectivity index (χ4v) is 8.18. The third kappa shape index (κ3) is 7.46. The molecule has 0 heterocycles. The molecule has 1 saturated carbocycles. The number of unbranched alkanes of at least 4 members (excludes halogenated alkanes) is 4. The predicted octanol–water partition coefficient (Wildman–Crippen LogP) is 10.9. The Balaban J connectivity index is 1.31. The van der Waals surface area contributed by atoms with Crippen molar-refractivity contribution in [3.8, 4) is 5.75 Å². The topological polar surface area (TPSA) is 72.3 Å². The molecule has 5 aromatic carbocycles. The smallest absolute Gasteiger partial charge is 0.115 e. The normalized spacial score (nSPS) is 15.3. The summed E-state index contributed by atoms with van der Waals surface area (Å²) in [6.45, 7) is 2.28. The third-order valence-corrected chi connectivity index (χ3v) is 11.2.